The molecule has 0 bridgehead atoms. The third kappa shape index (κ3) is 3.51. The fourth-order valence-electron chi connectivity index (χ4n) is 2.30. The van der Waals surface area contributed by atoms with Gasteiger partial charge in [0.05, 0.1) is 11.3 Å². The smallest absolute Gasteiger partial charge is 0.234 e. The standard InChI is InChI=1S/C18H17N3OS/c1-12-6-5-9-15(13(12)2)21-17(22)10-23-18-14-7-3-4-8-16(14)19-11-20-18/h3-9,11H,10H2,1-2H3,(H,21,22). The highest BCUT2D eigenvalue weighted by Gasteiger charge is 2.09. The molecule has 3 aromatic rings. The molecule has 0 aliphatic heterocycles. The van der Waals surface area contributed by atoms with E-state index in [0.717, 1.165) is 32.7 Å². The Morgan fingerprint density at radius 1 is 1.09 bits per heavy atom. The van der Waals surface area contributed by atoms with Gasteiger partial charge >= 0.3 is 0 Å². The number of carbonyl (C=O) groups is 1. The van der Waals surface area contributed by atoms with Crippen LogP contribution in [0.5, 0.6) is 0 Å². The summed E-state index contributed by atoms with van der Waals surface area (Å²) in [4.78, 5) is 20.7. The highest BCUT2D eigenvalue weighted by molar-refractivity contribution is 8.00. The normalized spacial score (nSPS) is 10.7. The van der Waals surface area contributed by atoms with Crippen LogP contribution in [-0.4, -0.2) is 21.6 Å². The van der Waals surface area contributed by atoms with Crippen molar-refractivity contribution in [2.24, 2.45) is 0 Å². The van der Waals surface area contributed by atoms with Gasteiger partial charge in [-0.15, -0.1) is 0 Å². The van der Waals surface area contributed by atoms with Gasteiger partial charge in [-0.25, -0.2) is 9.97 Å². The number of fused-ring (bicyclic) bond motifs is 1. The molecular weight excluding hydrogens is 306 g/mol. The van der Waals surface area contributed by atoms with E-state index in [0.29, 0.717) is 5.75 Å². The number of thioether (sulfide) groups is 1. The van der Waals surface area contributed by atoms with Gasteiger partial charge in [0.15, 0.2) is 0 Å². The zero-order chi connectivity index (χ0) is 16.2. The fraction of sp³-hybridized carbons (Fsp3) is 0.167. The summed E-state index contributed by atoms with van der Waals surface area (Å²) in [5.41, 5.74) is 4.01. The Labute approximate surface area is 139 Å². The van der Waals surface area contributed by atoms with Gasteiger partial charge in [-0.3, -0.25) is 4.79 Å². The Morgan fingerprint density at radius 3 is 2.78 bits per heavy atom. The van der Waals surface area contributed by atoms with Crippen molar-refractivity contribution >= 4 is 34.3 Å². The number of aryl methyl sites for hydroxylation is 1. The van der Waals surface area contributed by atoms with Crippen LogP contribution < -0.4 is 5.32 Å². The van der Waals surface area contributed by atoms with Gasteiger partial charge < -0.3 is 5.32 Å². The van der Waals surface area contributed by atoms with E-state index in [1.165, 1.54) is 18.1 Å². The maximum Gasteiger partial charge on any atom is 0.234 e. The minimum absolute atomic E-state index is 0.0357. The highest BCUT2D eigenvalue weighted by Crippen LogP contribution is 2.24. The van der Waals surface area contributed by atoms with E-state index >= 15 is 0 Å². The lowest BCUT2D eigenvalue weighted by atomic mass is 10.1. The zero-order valence-corrected chi connectivity index (χ0v) is 13.9. The number of benzene rings is 2. The van der Waals surface area contributed by atoms with Crippen molar-refractivity contribution in [3.8, 4) is 0 Å². The van der Waals surface area contributed by atoms with Crippen LogP contribution in [0.3, 0.4) is 0 Å². The maximum atomic E-state index is 12.2. The molecule has 4 nitrogen and oxygen atoms in total. The van der Waals surface area contributed by atoms with Crippen molar-refractivity contribution in [1.82, 2.24) is 9.97 Å². The first-order valence-corrected chi connectivity index (χ1v) is 8.32. The van der Waals surface area contributed by atoms with Gasteiger partial charge in [0.2, 0.25) is 5.91 Å². The predicted octanol–water partition coefficient (Wildman–Crippen LogP) is 3.98. The average Bonchev–Trinajstić information content (AvgIpc) is 2.57. The van der Waals surface area contributed by atoms with Gasteiger partial charge in [-0.1, -0.05) is 42.1 Å². The van der Waals surface area contributed by atoms with E-state index in [1.54, 1.807) is 0 Å². The lowest BCUT2D eigenvalue weighted by Crippen LogP contribution is -2.15. The third-order valence-corrected chi connectivity index (χ3v) is 4.73. The van der Waals surface area contributed by atoms with E-state index in [1.807, 2.05) is 56.3 Å². The van der Waals surface area contributed by atoms with Gasteiger partial charge in [0, 0.05) is 11.1 Å². The van der Waals surface area contributed by atoms with Crippen LogP contribution in [0.2, 0.25) is 0 Å². The second kappa shape index (κ2) is 6.79. The van der Waals surface area contributed by atoms with Crippen molar-refractivity contribution < 1.29 is 4.79 Å². The zero-order valence-electron chi connectivity index (χ0n) is 13.0. The maximum absolute atomic E-state index is 12.2. The van der Waals surface area contributed by atoms with E-state index in [2.05, 4.69) is 15.3 Å². The van der Waals surface area contributed by atoms with Crippen LogP contribution >= 0.6 is 11.8 Å². The number of anilines is 1. The summed E-state index contributed by atoms with van der Waals surface area (Å²) < 4.78 is 0. The lowest BCUT2D eigenvalue weighted by Gasteiger charge is -2.10. The van der Waals surface area contributed by atoms with Crippen molar-refractivity contribution in [1.29, 1.82) is 0 Å². The van der Waals surface area contributed by atoms with E-state index in [-0.39, 0.29) is 5.91 Å². The summed E-state index contributed by atoms with van der Waals surface area (Å²) in [5, 5.41) is 4.76. The highest BCUT2D eigenvalue weighted by atomic mass is 32.2. The molecule has 0 saturated carbocycles. The first kappa shape index (κ1) is 15.5. The van der Waals surface area contributed by atoms with Gasteiger partial charge in [0.1, 0.15) is 11.4 Å². The number of nitrogens with zero attached hydrogens (tertiary/aromatic N) is 2. The predicted molar refractivity (Wildman–Crippen MR) is 94.8 cm³/mol. The number of carbonyl (C=O) groups excluding carboxylic acids is 1. The minimum atomic E-state index is -0.0357. The van der Waals surface area contributed by atoms with Crippen LogP contribution in [0, 0.1) is 13.8 Å². The summed E-state index contributed by atoms with van der Waals surface area (Å²) >= 11 is 1.42. The number of aromatic nitrogens is 2. The van der Waals surface area contributed by atoms with Gasteiger partial charge in [0.25, 0.3) is 0 Å². The number of hydrogen-bond donors (Lipinski definition) is 1. The first-order valence-electron chi connectivity index (χ1n) is 7.34. The topological polar surface area (TPSA) is 54.9 Å². The second-order valence-corrected chi connectivity index (χ2v) is 6.24. The molecule has 1 heterocycles. The molecule has 0 fully saturated rings. The molecule has 0 radical (unpaired) electrons. The SMILES string of the molecule is Cc1cccc(NC(=O)CSc2ncnc3ccccc23)c1C. The van der Waals surface area contributed by atoms with Crippen molar-refractivity contribution in [2.45, 2.75) is 18.9 Å². The Morgan fingerprint density at radius 2 is 1.91 bits per heavy atom. The molecule has 0 atom stereocenters. The molecular formula is C18H17N3OS. The van der Waals surface area contributed by atoms with Crippen molar-refractivity contribution in [3.05, 3.63) is 59.9 Å². The molecule has 5 heteroatoms. The summed E-state index contributed by atoms with van der Waals surface area (Å²) in [6.45, 7) is 4.04. The molecule has 1 amide bonds. The van der Waals surface area contributed by atoms with E-state index < -0.39 is 0 Å². The van der Waals surface area contributed by atoms with Crippen LogP contribution in [0.15, 0.2) is 53.8 Å². The van der Waals surface area contributed by atoms with Crippen LogP contribution in [-0.2, 0) is 4.79 Å². The number of amides is 1. The van der Waals surface area contributed by atoms with E-state index in [9.17, 15) is 4.79 Å². The number of para-hydroxylation sites is 1. The lowest BCUT2D eigenvalue weighted by molar-refractivity contribution is -0.113. The monoisotopic (exact) mass is 323 g/mol. The molecule has 0 spiro atoms. The summed E-state index contributed by atoms with van der Waals surface area (Å²) in [5.74, 6) is 0.278. The molecule has 1 N–H and O–H groups in total. The Bertz CT molecular complexity index is 859. The molecule has 3 rings (SSSR count). The molecule has 0 aliphatic rings. The van der Waals surface area contributed by atoms with Crippen LogP contribution in [0.4, 0.5) is 5.69 Å². The molecule has 116 valence electrons. The molecule has 0 saturated heterocycles. The summed E-state index contributed by atoms with van der Waals surface area (Å²) in [7, 11) is 0. The quantitative estimate of drug-likeness (QED) is 0.583. The van der Waals surface area contributed by atoms with Gasteiger partial charge in [-0.2, -0.15) is 0 Å². The van der Waals surface area contributed by atoms with Gasteiger partial charge in [-0.05, 0) is 37.1 Å². The summed E-state index contributed by atoms with van der Waals surface area (Å²) in [6.07, 6.45) is 1.53. The molecule has 0 unspecified atom stereocenters. The summed E-state index contributed by atoms with van der Waals surface area (Å²) in [6, 6.07) is 13.7. The van der Waals surface area contributed by atoms with Crippen LogP contribution in [0.25, 0.3) is 10.9 Å². The van der Waals surface area contributed by atoms with E-state index in [4.69, 9.17) is 0 Å². The molecule has 1 aromatic heterocycles. The average molecular weight is 323 g/mol. The largest absolute Gasteiger partial charge is 0.325 e. The molecule has 0 aliphatic carbocycles. The fourth-order valence-corrected chi connectivity index (χ4v) is 3.09. The second-order valence-electron chi connectivity index (χ2n) is 5.28. The molecule has 23 heavy (non-hydrogen) atoms. The number of hydrogen-bond acceptors (Lipinski definition) is 4. The number of nitrogens with one attached hydrogen (secondary N) is 1. The Hall–Kier alpha value is -2.40. The minimum Gasteiger partial charge on any atom is -0.325 e. The van der Waals surface area contributed by atoms with Crippen LogP contribution in [0.1, 0.15) is 11.1 Å². The van der Waals surface area contributed by atoms with Crippen molar-refractivity contribution in [3.63, 3.8) is 0 Å². The van der Waals surface area contributed by atoms with Crippen molar-refractivity contribution in [2.75, 3.05) is 11.1 Å². The Balaban J connectivity index is 1.70. The first-order chi connectivity index (χ1) is 11.1. The number of rotatable bonds is 4. The molecule has 2 aromatic carbocycles. The Kier molecular flexibility index (Phi) is 4.57. The third-order valence-electron chi connectivity index (χ3n) is 3.72.